The summed E-state index contributed by atoms with van der Waals surface area (Å²) in [6, 6.07) is 4.92. The van der Waals surface area contributed by atoms with Gasteiger partial charge in [0.05, 0.1) is 5.92 Å². The molecule has 0 aliphatic carbocycles. The van der Waals surface area contributed by atoms with E-state index in [0.29, 0.717) is 5.75 Å². The molecule has 5 nitrogen and oxygen atoms in total. The number of fused-ring (bicyclic) bond motifs is 3. The van der Waals surface area contributed by atoms with Crippen molar-refractivity contribution in [3.05, 3.63) is 41.6 Å². The quantitative estimate of drug-likeness (QED) is 0.752. The van der Waals surface area contributed by atoms with Crippen LogP contribution in [0.2, 0.25) is 0 Å². The molecule has 2 aliphatic heterocycles. The van der Waals surface area contributed by atoms with Gasteiger partial charge in [0.15, 0.2) is 6.10 Å². The molecule has 86 valence electrons. The van der Waals surface area contributed by atoms with Gasteiger partial charge in [-0.3, -0.25) is 4.79 Å². The molecule has 2 heterocycles. The number of ether oxygens (including phenoxy) is 1. The van der Waals surface area contributed by atoms with E-state index >= 15 is 0 Å². The van der Waals surface area contributed by atoms with E-state index in [2.05, 4.69) is 5.32 Å². The number of carbonyl (C=O) groups is 2. The molecule has 0 bridgehead atoms. The van der Waals surface area contributed by atoms with Gasteiger partial charge in [-0.2, -0.15) is 0 Å². The summed E-state index contributed by atoms with van der Waals surface area (Å²) in [5, 5.41) is 11.6. The SMILES string of the molecule is O=C(O)c1cccc2c1OC1C(=O)NC=CC21. The highest BCUT2D eigenvalue weighted by Gasteiger charge is 2.41. The van der Waals surface area contributed by atoms with Gasteiger partial charge in [-0.15, -0.1) is 0 Å². The Balaban J connectivity index is 2.14. The summed E-state index contributed by atoms with van der Waals surface area (Å²) in [5.74, 6) is -1.19. The molecule has 2 N–H and O–H groups in total. The van der Waals surface area contributed by atoms with Crippen LogP contribution in [0.3, 0.4) is 0 Å². The van der Waals surface area contributed by atoms with Gasteiger partial charge in [0.25, 0.3) is 5.91 Å². The first-order valence-electron chi connectivity index (χ1n) is 5.18. The van der Waals surface area contributed by atoms with E-state index in [9.17, 15) is 9.59 Å². The van der Waals surface area contributed by atoms with Crippen LogP contribution < -0.4 is 10.1 Å². The molecular weight excluding hydrogens is 222 g/mol. The van der Waals surface area contributed by atoms with E-state index in [1.54, 1.807) is 18.3 Å². The minimum absolute atomic E-state index is 0.0955. The predicted molar refractivity (Wildman–Crippen MR) is 57.8 cm³/mol. The highest BCUT2D eigenvalue weighted by molar-refractivity contribution is 5.93. The predicted octanol–water partition coefficient (Wildman–Crippen LogP) is 0.873. The Bertz CT molecular complexity index is 549. The van der Waals surface area contributed by atoms with Gasteiger partial charge in [-0.1, -0.05) is 18.2 Å². The van der Waals surface area contributed by atoms with Gasteiger partial charge in [0, 0.05) is 11.8 Å². The summed E-state index contributed by atoms with van der Waals surface area (Å²) in [6.07, 6.45) is 2.72. The minimum atomic E-state index is -1.05. The Kier molecular flexibility index (Phi) is 1.95. The monoisotopic (exact) mass is 231 g/mol. The van der Waals surface area contributed by atoms with E-state index in [-0.39, 0.29) is 17.4 Å². The molecule has 0 spiro atoms. The first-order valence-corrected chi connectivity index (χ1v) is 5.18. The number of hydrogen-bond donors (Lipinski definition) is 2. The van der Waals surface area contributed by atoms with Crippen LogP contribution in [0.5, 0.6) is 5.75 Å². The number of benzene rings is 1. The molecule has 1 aromatic rings. The molecular formula is C12H9NO4. The Labute approximate surface area is 96.7 Å². The number of amides is 1. The maximum absolute atomic E-state index is 11.6. The number of carboxylic acids is 1. The second kappa shape index (κ2) is 3.35. The zero-order valence-electron chi connectivity index (χ0n) is 8.71. The molecule has 2 unspecified atom stereocenters. The number of hydrogen-bond acceptors (Lipinski definition) is 3. The van der Waals surface area contributed by atoms with Crippen molar-refractivity contribution in [3.8, 4) is 5.75 Å². The molecule has 0 fully saturated rings. The van der Waals surface area contributed by atoms with Crippen molar-refractivity contribution >= 4 is 11.9 Å². The van der Waals surface area contributed by atoms with Crippen LogP contribution in [0.25, 0.3) is 0 Å². The van der Waals surface area contributed by atoms with Gasteiger partial charge in [0.1, 0.15) is 11.3 Å². The maximum Gasteiger partial charge on any atom is 0.339 e. The van der Waals surface area contributed by atoms with Crippen molar-refractivity contribution < 1.29 is 19.4 Å². The standard InChI is InChI=1S/C12H9NO4/c14-11-10-7(4-5-13-11)6-2-1-3-8(12(15)16)9(6)17-10/h1-5,7,10H,(H,13,14)(H,15,16). The Morgan fingerprint density at radius 2 is 2.24 bits per heavy atom. The molecule has 2 aliphatic rings. The molecule has 0 saturated heterocycles. The molecule has 1 aromatic carbocycles. The fourth-order valence-corrected chi connectivity index (χ4v) is 2.22. The second-order valence-corrected chi connectivity index (χ2v) is 3.96. The van der Waals surface area contributed by atoms with E-state index in [1.165, 1.54) is 6.07 Å². The van der Waals surface area contributed by atoms with Crippen molar-refractivity contribution in [3.63, 3.8) is 0 Å². The Morgan fingerprint density at radius 3 is 3.00 bits per heavy atom. The van der Waals surface area contributed by atoms with Crippen LogP contribution in [0.4, 0.5) is 0 Å². The van der Waals surface area contributed by atoms with Gasteiger partial charge >= 0.3 is 5.97 Å². The lowest BCUT2D eigenvalue weighted by Crippen LogP contribution is -2.39. The third-order valence-corrected chi connectivity index (χ3v) is 2.99. The summed E-state index contributed by atoms with van der Waals surface area (Å²) in [4.78, 5) is 22.6. The van der Waals surface area contributed by atoms with Crippen molar-refractivity contribution in [2.45, 2.75) is 12.0 Å². The zero-order chi connectivity index (χ0) is 12.0. The molecule has 17 heavy (non-hydrogen) atoms. The normalized spacial score (nSPS) is 24.6. The van der Waals surface area contributed by atoms with E-state index in [4.69, 9.17) is 9.84 Å². The molecule has 0 aromatic heterocycles. The lowest BCUT2D eigenvalue weighted by atomic mass is 9.92. The smallest absolute Gasteiger partial charge is 0.339 e. The number of carboxylic acid groups (broad SMARTS) is 1. The summed E-state index contributed by atoms with van der Waals surface area (Å²) in [6.45, 7) is 0. The van der Waals surface area contributed by atoms with E-state index in [0.717, 1.165) is 5.56 Å². The maximum atomic E-state index is 11.6. The molecule has 2 atom stereocenters. The fourth-order valence-electron chi connectivity index (χ4n) is 2.22. The Hall–Kier alpha value is -2.30. The lowest BCUT2D eigenvalue weighted by molar-refractivity contribution is -0.127. The molecule has 0 saturated carbocycles. The summed E-state index contributed by atoms with van der Waals surface area (Å²) in [7, 11) is 0. The number of carbonyl (C=O) groups excluding carboxylic acids is 1. The van der Waals surface area contributed by atoms with Crippen molar-refractivity contribution in [1.29, 1.82) is 0 Å². The Morgan fingerprint density at radius 1 is 1.41 bits per heavy atom. The highest BCUT2D eigenvalue weighted by atomic mass is 16.5. The molecule has 5 heteroatoms. The van der Waals surface area contributed by atoms with Crippen LogP contribution >= 0.6 is 0 Å². The van der Waals surface area contributed by atoms with Gasteiger partial charge in [-0.05, 0) is 6.07 Å². The third kappa shape index (κ3) is 1.32. The lowest BCUT2D eigenvalue weighted by Gasteiger charge is -2.18. The van der Waals surface area contributed by atoms with E-state index < -0.39 is 12.1 Å². The average Bonchev–Trinajstić information content (AvgIpc) is 2.69. The first-order chi connectivity index (χ1) is 8.18. The van der Waals surface area contributed by atoms with Crippen LogP contribution in [-0.4, -0.2) is 23.1 Å². The third-order valence-electron chi connectivity index (χ3n) is 2.99. The van der Waals surface area contributed by atoms with Crippen LogP contribution in [0.15, 0.2) is 30.5 Å². The van der Waals surface area contributed by atoms with Gasteiger partial charge in [0.2, 0.25) is 0 Å². The van der Waals surface area contributed by atoms with Crippen LogP contribution in [-0.2, 0) is 4.79 Å². The first kappa shape index (κ1) is 9.89. The summed E-state index contributed by atoms with van der Waals surface area (Å²) < 4.78 is 5.47. The minimum Gasteiger partial charge on any atom is -0.478 e. The summed E-state index contributed by atoms with van der Waals surface area (Å²) >= 11 is 0. The molecule has 1 amide bonds. The van der Waals surface area contributed by atoms with Crippen molar-refractivity contribution in [2.75, 3.05) is 0 Å². The van der Waals surface area contributed by atoms with Crippen molar-refractivity contribution in [1.82, 2.24) is 5.32 Å². The largest absolute Gasteiger partial charge is 0.478 e. The van der Waals surface area contributed by atoms with Crippen LogP contribution in [0, 0.1) is 0 Å². The topological polar surface area (TPSA) is 75.6 Å². The van der Waals surface area contributed by atoms with Crippen molar-refractivity contribution in [2.24, 2.45) is 0 Å². The fraction of sp³-hybridized carbons (Fsp3) is 0.167. The second-order valence-electron chi connectivity index (χ2n) is 3.96. The van der Waals surface area contributed by atoms with E-state index in [1.807, 2.05) is 6.08 Å². The average molecular weight is 231 g/mol. The molecule has 3 rings (SSSR count). The number of nitrogens with one attached hydrogen (secondary N) is 1. The number of aromatic carboxylic acids is 1. The zero-order valence-corrected chi connectivity index (χ0v) is 8.71. The molecule has 0 radical (unpaired) electrons. The number of rotatable bonds is 1. The highest BCUT2D eigenvalue weighted by Crippen LogP contribution is 2.42. The van der Waals surface area contributed by atoms with Gasteiger partial charge in [-0.25, -0.2) is 4.79 Å². The van der Waals surface area contributed by atoms with Crippen LogP contribution in [0.1, 0.15) is 21.8 Å². The van der Waals surface area contributed by atoms with Gasteiger partial charge < -0.3 is 15.2 Å². The number of para-hydroxylation sites is 1. The summed E-state index contributed by atoms with van der Waals surface area (Å²) in [5.41, 5.74) is 0.846.